The van der Waals surface area contributed by atoms with Gasteiger partial charge in [-0.1, -0.05) is 13.8 Å². The quantitative estimate of drug-likeness (QED) is 0.631. The molecule has 1 aromatic rings. The van der Waals surface area contributed by atoms with E-state index in [0.29, 0.717) is 0 Å². The molecule has 3 N–H and O–H groups in total. The number of carbonyl (C=O) groups is 1. The standard InChI is InChI=1S/C11H14FN3O3/c1-6(2)10(13)11(16)14-9-5-7(15(17)18)3-4-8(9)12/h3-6,10H,13H2,1-2H3,(H,14,16)/t10-/m0/s1. The smallest absolute Gasteiger partial charge is 0.271 e. The summed E-state index contributed by atoms with van der Waals surface area (Å²) in [6.07, 6.45) is 0. The third-order valence-corrected chi connectivity index (χ3v) is 2.44. The molecule has 6 nitrogen and oxygen atoms in total. The second-order valence-electron chi connectivity index (χ2n) is 4.18. The first kappa shape index (κ1) is 14.0. The number of hydrogen-bond donors (Lipinski definition) is 2. The molecule has 0 saturated carbocycles. The number of rotatable bonds is 4. The molecule has 0 aliphatic rings. The van der Waals surface area contributed by atoms with E-state index in [1.54, 1.807) is 13.8 Å². The van der Waals surface area contributed by atoms with Crippen LogP contribution in [0.15, 0.2) is 18.2 Å². The van der Waals surface area contributed by atoms with Crippen molar-refractivity contribution in [1.82, 2.24) is 0 Å². The van der Waals surface area contributed by atoms with E-state index in [-0.39, 0.29) is 17.3 Å². The molecule has 0 radical (unpaired) electrons. The van der Waals surface area contributed by atoms with Crippen molar-refractivity contribution in [3.05, 3.63) is 34.1 Å². The Bertz CT molecular complexity index is 477. The van der Waals surface area contributed by atoms with Crippen LogP contribution in [-0.2, 0) is 4.79 Å². The van der Waals surface area contributed by atoms with Gasteiger partial charge in [-0.15, -0.1) is 0 Å². The fourth-order valence-corrected chi connectivity index (χ4v) is 1.24. The van der Waals surface area contributed by atoms with Gasteiger partial charge in [0, 0.05) is 12.1 Å². The zero-order valence-electron chi connectivity index (χ0n) is 10.0. The van der Waals surface area contributed by atoms with E-state index >= 15 is 0 Å². The van der Waals surface area contributed by atoms with E-state index in [0.717, 1.165) is 18.2 Å². The summed E-state index contributed by atoms with van der Waals surface area (Å²) in [6, 6.07) is 2.10. The van der Waals surface area contributed by atoms with Gasteiger partial charge in [-0.05, 0) is 12.0 Å². The van der Waals surface area contributed by atoms with Crippen LogP contribution in [0.3, 0.4) is 0 Å². The first-order valence-corrected chi connectivity index (χ1v) is 5.33. The molecule has 0 bridgehead atoms. The van der Waals surface area contributed by atoms with Crippen molar-refractivity contribution in [2.24, 2.45) is 11.7 Å². The summed E-state index contributed by atoms with van der Waals surface area (Å²) in [4.78, 5) is 21.5. The largest absolute Gasteiger partial charge is 0.322 e. The molecule has 0 aromatic heterocycles. The van der Waals surface area contributed by atoms with E-state index in [1.807, 2.05) is 0 Å². The third kappa shape index (κ3) is 3.24. The number of benzene rings is 1. The summed E-state index contributed by atoms with van der Waals surface area (Å²) in [5.41, 5.74) is 5.04. The maximum Gasteiger partial charge on any atom is 0.271 e. The first-order valence-electron chi connectivity index (χ1n) is 5.33. The lowest BCUT2D eigenvalue weighted by atomic mass is 10.0. The second-order valence-corrected chi connectivity index (χ2v) is 4.18. The molecule has 0 aliphatic carbocycles. The fourth-order valence-electron chi connectivity index (χ4n) is 1.24. The molecule has 0 fully saturated rings. The molecule has 98 valence electrons. The predicted octanol–water partition coefficient (Wildman–Crippen LogP) is 1.66. The molecule has 18 heavy (non-hydrogen) atoms. The Morgan fingerprint density at radius 2 is 2.11 bits per heavy atom. The van der Waals surface area contributed by atoms with Gasteiger partial charge >= 0.3 is 0 Å². The van der Waals surface area contributed by atoms with E-state index < -0.39 is 22.7 Å². The summed E-state index contributed by atoms with van der Waals surface area (Å²) in [5, 5.41) is 12.8. The molecule has 1 amide bonds. The average Bonchev–Trinajstić information content (AvgIpc) is 2.30. The lowest BCUT2D eigenvalue weighted by Gasteiger charge is -2.15. The second kappa shape index (κ2) is 5.54. The number of non-ortho nitro benzene ring substituents is 1. The minimum Gasteiger partial charge on any atom is -0.322 e. The number of anilines is 1. The van der Waals surface area contributed by atoms with Crippen molar-refractivity contribution in [3.63, 3.8) is 0 Å². The molecule has 1 rings (SSSR count). The molecule has 0 spiro atoms. The molecular weight excluding hydrogens is 241 g/mol. The number of nitrogens with two attached hydrogens (primary N) is 1. The highest BCUT2D eigenvalue weighted by Crippen LogP contribution is 2.21. The third-order valence-electron chi connectivity index (χ3n) is 2.44. The van der Waals surface area contributed by atoms with Crippen molar-refractivity contribution in [2.75, 3.05) is 5.32 Å². The van der Waals surface area contributed by atoms with Crippen molar-refractivity contribution in [2.45, 2.75) is 19.9 Å². The van der Waals surface area contributed by atoms with Crippen LogP contribution in [0.5, 0.6) is 0 Å². The monoisotopic (exact) mass is 255 g/mol. The van der Waals surface area contributed by atoms with Crippen molar-refractivity contribution in [1.29, 1.82) is 0 Å². The van der Waals surface area contributed by atoms with Gasteiger partial charge in [0.25, 0.3) is 5.69 Å². The zero-order valence-corrected chi connectivity index (χ0v) is 10.0. The molecular formula is C11H14FN3O3. The van der Waals surface area contributed by atoms with Crippen LogP contribution in [0.4, 0.5) is 15.8 Å². The normalized spacial score (nSPS) is 12.3. The molecule has 0 saturated heterocycles. The van der Waals surface area contributed by atoms with Crippen molar-refractivity contribution < 1.29 is 14.1 Å². The Morgan fingerprint density at radius 3 is 2.61 bits per heavy atom. The SMILES string of the molecule is CC(C)[C@H](N)C(=O)Nc1cc([N+](=O)[O-])ccc1F. The number of halogens is 1. The van der Waals surface area contributed by atoms with E-state index in [9.17, 15) is 19.3 Å². The van der Waals surface area contributed by atoms with Crippen molar-refractivity contribution >= 4 is 17.3 Å². The number of nitro benzene ring substituents is 1. The number of hydrogen-bond acceptors (Lipinski definition) is 4. The van der Waals surface area contributed by atoms with Gasteiger partial charge < -0.3 is 11.1 Å². The minimum absolute atomic E-state index is 0.119. The van der Waals surface area contributed by atoms with Crippen LogP contribution in [0.1, 0.15) is 13.8 Å². The lowest BCUT2D eigenvalue weighted by molar-refractivity contribution is -0.384. The van der Waals surface area contributed by atoms with Gasteiger partial charge in [0.15, 0.2) is 0 Å². The average molecular weight is 255 g/mol. The zero-order chi connectivity index (χ0) is 13.9. The van der Waals surface area contributed by atoms with Crippen LogP contribution in [-0.4, -0.2) is 16.9 Å². The maximum absolute atomic E-state index is 13.4. The number of carbonyl (C=O) groups excluding carboxylic acids is 1. The van der Waals surface area contributed by atoms with Crippen LogP contribution in [0.2, 0.25) is 0 Å². The molecule has 0 unspecified atom stereocenters. The Labute approximate surface area is 103 Å². The Morgan fingerprint density at radius 1 is 1.50 bits per heavy atom. The highest BCUT2D eigenvalue weighted by Gasteiger charge is 2.19. The minimum atomic E-state index is -0.802. The van der Waals surface area contributed by atoms with E-state index in [1.165, 1.54) is 0 Å². The summed E-state index contributed by atoms with van der Waals surface area (Å²) in [5.74, 6) is -1.44. The van der Waals surface area contributed by atoms with Gasteiger partial charge in [0.2, 0.25) is 5.91 Å². The predicted molar refractivity (Wildman–Crippen MR) is 64.5 cm³/mol. The Balaban J connectivity index is 2.93. The maximum atomic E-state index is 13.4. The van der Waals surface area contributed by atoms with Crippen LogP contribution in [0, 0.1) is 21.8 Å². The summed E-state index contributed by atoms with van der Waals surface area (Å²) in [6.45, 7) is 3.49. The first-order chi connectivity index (χ1) is 8.32. The van der Waals surface area contributed by atoms with Gasteiger partial charge in [-0.2, -0.15) is 0 Å². The van der Waals surface area contributed by atoms with Gasteiger partial charge in [0.05, 0.1) is 16.7 Å². The molecule has 1 aromatic carbocycles. The molecule has 0 heterocycles. The number of nitrogens with one attached hydrogen (secondary N) is 1. The highest BCUT2D eigenvalue weighted by molar-refractivity contribution is 5.95. The summed E-state index contributed by atoms with van der Waals surface area (Å²) >= 11 is 0. The highest BCUT2D eigenvalue weighted by atomic mass is 19.1. The molecule has 7 heteroatoms. The number of nitrogens with zero attached hydrogens (tertiary/aromatic N) is 1. The van der Waals surface area contributed by atoms with Crippen LogP contribution in [0.25, 0.3) is 0 Å². The van der Waals surface area contributed by atoms with Crippen LogP contribution >= 0.6 is 0 Å². The van der Waals surface area contributed by atoms with E-state index in [2.05, 4.69) is 5.32 Å². The van der Waals surface area contributed by atoms with Gasteiger partial charge in [0.1, 0.15) is 5.82 Å². The Hall–Kier alpha value is -2.02. The molecule has 0 aliphatic heterocycles. The number of nitro groups is 1. The van der Waals surface area contributed by atoms with Crippen LogP contribution < -0.4 is 11.1 Å². The van der Waals surface area contributed by atoms with E-state index in [4.69, 9.17) is 5.73 Å². The molecule has 1 atom stereocenters. The fraction of sp³-hybridized carbons (Fsp3) is 0.364. The lowest BCUT2D eigenvalue weighted by Crippen LogP contribution is -2.39. The summed E-state index contributed by atoms with van der Waals surface area (Å²) in [7, 11) is 0. The Kier molecular flexibility index (Phi) is 4.33. The topological polar surface area (TPSA) is 98.3 Å². The van der Waals surface area contributed by atoms with Gasteiger partial charge in [-0.25, -0.2) is 4.39 Å². The van der Waals surface area contributed by atoms with Crippen molar-refractivity contribution in [3.8, 4) is 0 Å². The summed E-state index contributed by atoms with van der Waals surface area (Å²) < 4.78 is 13.4. The number of amides is 1. The van der Waals surface area contributed by atoms with Gasteiger partial charge in [-0.3, -0.25) is 14.9 Å².